The molecular formula is C19H15ClF4N4O4S. The Morgan fingerprint density at radius 2 is 1.70 bits per heavy atom. The number of amides is 1. The first-order chi connectivity index (χ1) is 15.6. The molecule has 0 bridgehead atoms. The molecule has 176 valence electrons. The van der Waals surface area contributed by atoms with Crippen LogP contribution < -0.4 is 15.0 Å². The standard InChI is InChI=1S/C19H15ClF4N4O4S/c1-32-17-14(23)12(21)11(13(22)15(17)24)18(29)25-19(33)27-7-5-26(6-8-27)16-9(20)3-2-4-10(16)28(30)31/h2-4H,5-8H2,1H3,(H,25,29,33). The molecule has 0 aliphatic carbocycles. The quantitative estimate of drug-likeness (QED) is 0.223. The molecule has 0 atom stereocenters. The van der Waals surface area contributed by atoms with E-state index in [9.17, 15) is 32.5 Å². The number of carbonyl (C=O) groups is 1. The number of para-hydroxylation sites is 1. The third kappa shape index (κ3) is 4.64. The number of benzene rings is 2. The highest BCUT2D eigenvalue weighted by molar-refractivity contribution is 7.80. The van der Waals surface area contributed by atoms with Crippen molar-refractivity contribution in [3.8, 4) is 5.75 Å². The van der Waals surface area contributed by atoms with Crippen LogP contribution in [0.5, 0.6) is 5.75 Å². The third-order valence-corrected chi connectivity index (χ3v) is 5.59. The molecule has 33 heavy (non-hydrogen) atoms. The van der Waals surface area contributed by atoms with Crippen LogP contribution in [0.1, 0.15) is 10.4 Å². The van der Waals surface area contributed by atoms with Crippen LogP contribution in [0.2, 0.25) is 5.02 Å². The van der Waals surface area contributed by atoms with Crippen molar-refractivity contribution < 1.29 is 32.0 Å². The average Bonchev–Trinajstić information content (AvgIpc) is 2.78. The molecule has 0 unspecified atom stereocenters. The van der Waals surface area contributed by atoms with Gasteiger partial charge in [-0.05, 0) is 18.3 Å². The van der Waals surface area contributed by atoms with E-state index >= 15 is 0 Å². The lowest BCUT2D eigenvalue weighted by molar-refractivity contribution is -0.384. The molecule has 1 amide bonds. The summed E-state index contributed by atoms with van der Waals surface area (Å²) in [5.41, 5.74) is -1.44. The molecule has 0 radical (unpaired) electrons. The number of hydrogen-bond donors (Lipinski definition) is 1. The SMILES string of the molecule is COc1c(F)c(F)c(C(=O)NC(=S)N2CCN(c3c(Cl)cccc3[N+](=O)[O-])CC2)c(F)c1F. The van der Waals surface area contributed by atoms with Gasteiger partial charge in [0.15, 0.2) is 22.5 Å². The number of nitrogens with one attached hydrogen (secondary N) is 1. The summed E-state index contributed by atoms with van der Waals surface area (Å²) >= 11 is 11.2. The fourth-order valence-electron chi connectivity index (χ4n) is 3.33. The van der Waals surface area contributed by atoms with Crippen LogP contribution in [-0.4, -0.2) is 54.1 Å². The van der Waals surface area contributed by atoms with Crippen molar-refractivity contribution in [3.05, 3.63) is 62.2 Å². The number of piperazine rings is 1. The van der Waals surface area contributed by atoms with Crippen LogP contribution in [-0.2, 0) is 0 Å². The van der Waals surface area contributed by atoms with Crippen molar-refractivity contribution in [1.82, 2.24) is 10.2 Å². The predicted molar refractivity (Wildman–Crippen MR) is 115 cm³/mol. The van der Waals surface area contributed by atoms with Crippen molar-refractivity contribution in [1.29, 1.82) is 0 Å². The number of hydrogen-bond acceptors (Lipinski definition) is 6. The Hall–Kier alpha value is -3.19. The van der Waals surface area contributed by atoms with E-state index in [-0.39, 0.29) is 47.7 Å². The number of halogens is 5. The normalized spacial score (nSPS) is 13.6. The van der Waals surface area contributed by atoms with Gasteiger partial charge in [-0.1, -0.05) is 17.7 Å². The molecule has 1 aliphatic rings. The number of thiocarbonyl (C=S) groups is 1. The minimum absolute atomic E-state index is 0.164. The number of rotatable bonds is 4. The Balaban J connectivity index is 1.72. The highest BCUT2D eigenvalue weighted by Crippen LogP contribution is 2.36. The topological polar surface area (TPSA) is 88.0 Å². The zero-order chi connectivity index (χ0) is 24.4. The first-order valence-electron chi connectivity index (χ1n) is 9.26. The molecule has 1 N–H and O–H groups in total. The van der Waals surface area contributed by atoms with Crippen LogP contribution in [0.4, 0.5) is 28.9 Å². The number of ether oxygens (including phenoxy) is 1. The van der Waals surface area contributed by atoms with E-state index in [1.165, 1.54) is 23.1 Å². The molecule has 14 heteroatoms. The first-order valence-corrected chi connectivity index (χ1v) is 10.0. The lowest BCUT2D eigenvalue weighted by Crippen LogP contribution is -2.53. The van der Waals surface area contributed by atoms with Crippen molar-refractivity contribution in [2.24, 2.45) is 0 Å². The van der Waals surface area contributed by atoms with Crippen molar-refractivity contribution in [2.45, 2.75) is 0 Å². The molecule has 0 aromatic heterocycles. The zero-order valence-corrected chi connectivity index (χ0v) is 18.4. The van der Waals surface area contributed by atoms with Gasteiger partial charge in [0.2, 0.25) is 11.6 Å². The van der Waals surface area contributed by atoms with Crippen LogP contribution in [0, 0.1) is 33.4 Å². The number of nitrogens with zero attached hydrogens (tertiary/aromatic N) is 3. The Bertz CT molecular complexity index is 1120. The molecule has 0 saturated carbocycles. The monoisotopic (exact) mass is 506 g/mol. The average molecular weight is 507 g/mol. The fourth-order valence-corrected chi connectivity index (χ4v) is 3.89. The van der Waals surface area contributed by atoms with E-state index in [1.807, 2.05) is 5.32 Å². The summed E-state index contributed by atoms with van der Waals surface area (Å²) < 4.78 is 60.4. The van der Waals surface area contributed by atoms with Gasteiger partial charge < -0.3 is 14.5 Å². The number of carbonyl (C=O) groups excluding carboxylic acids is 1. The van der Waals surface area contributed by atoms with Crippen LogP contribution in [0.25, 0.3) is 0 Å². The minimum Gasteiger partial charge on any atom is -0.491 e. The number of nitro benzene ring substituents is 1. The van der Waals surface area contributed by atoms with Crippen LogP contribution >= 0.6 is 23.8 Å². The van der Waals surface area contributed by atoms with E-state index < -0.39 is 45.4 Å². The Morgan fingerprint density at radius 1 is 1.12 bits per heavy atom. The summed E-state index contributed by atoms with van der Waals surface area (Å²) in [5, 5.41) is 13.3. The molecule has 2 aromatic carbocycles. The summed E-state index contributed by atoms with van der Waals surface area (Å²) in [6.07, 6.45) is 0. The Morgan fingerprint density at radius 3 is 2.21 bits per heavy atom. The first kappa shape index (κ1) is 24.5. The van der Waals surface area contributed by atoms with E-state index in [0.29, 0.717) is 0 Å². The summed E-state index contributed by atoms with van der Waals surface area (Å²) in [4.78, 5) is 26.2. The number of methoxy groups -OCH3 is 1. The molecule has 8 nitrogen and oxygen atoms in total. The second-order valence-corrected chi connectivity index (χ2v) is 7.56. The van der Waals surface area contributed by atoms with E-state index in [1.54, 1.807) is 4.90 Å². The largest absolute Gasteiger partial charge is 0.491 e. The Labute approximate surface area is 194 Å². The Kier molecular flexibility index (Phi) is 7.22. The van der Waals surface area contributed by atoms with Crippen molar-refractivity contribution >= 4 is 46.2 Å². The maximum Gasteiger partial charge on any atom is 0.294 e. The smallest absolute Gasteiger partial charge is 0.294 e. The molecule has 1 aliphatic heterocycles. The van der Waals surface area contributed by atoms with Crippen molar-refractivity contribution in [3.63, 3.8) is 0 Å². The van der Waals surface area contributed by atoms with Crippen molar-refractivity contribution in [2.75, 3.05) is 38.2 Å². The molecule has 1 fully saturated rings. The van der Waals surface area contributed by atoms with Gasteiger partial charge in [-0.2, -0.15) is 8.78 Å². The van der Waals surface area contributed by atoms with Gasteiger partial charge in [0.25, 0.3) is 11.6 Å². The lowest BCUT2D eigenvalue weighted by Gasteiger charge is -2.37. The van der Waals surface area contributed by atoms with Crippen LogP contribution in [0.15, 0.2) is 18.2 Å². The highest BCUT2D eigenvalue weighted by atomic mass is 35.5. The molecule has 2 aromatic rings. The molecule has 1 saturated heterocycles. The summed E-state index contributed by atoms with van der Waals surface area (Å²) in [6, 6.07) is 4.28. The molecule has 3 rings (SSSR count). The van der Waals surface area contributed by atoms with Gasteiger partial charge in [-0.15, -0.1) is 0 Å². The molecular weight excluding hydrogens is 492 g/mol. The van der Waals surface area contributed by atoms with Gasteiger partial charge in [-0.25, -0.2) is 8.78 Å². The predicted octanol–water partition coefficient (Wildman–Crippen LogP) is 3.65. The fraction of sp³-hybridized carbons (Fsp3) is 0.263. The van der Waals surface area contributed by atoms with Gasteiger partial charge in [0.05, 0.1) is 17.1 Å². The minimum atomic E-state index is -1.93. The zero-order valence-electron chi connectivity index (χ0n) is 16.8. The second kappa shape index (κ2) is 9.75. The summed E-state index contributed by atoms with van der Waals surface area (Å²) in [5.74, 6) is -10.4. The summed E-state index contributed by atoms with van der Waals surface area (Å²) in [7, 11) is 0.812. The maximum atomic E-state index is 14.2. The molecule has 0 spiro atoms. The summed E-state index contributed by atoms with van der Waals surface area (Å²) in [6.45, 7) is 0.764. The van der Waals surface area contributed by atoms with Crippen LogP contribution in [0.3, 0.4) is 0 Å². The van der Waals surface area contributed by atoms with Gasteiger partial charge in [0.1, 0.15) is 11.3 Å². The van der Waals surface area contributed by atoms with Gasteiger partial charge >= 0.3 is 0 Å². The highest BCUT2D eigenvalue weighted by Gasteiger charge is 2.32. The van der Waals surface area contributed by atoms with E-state index in [4.69, 9.17) is 23.8 Å². The van der Waals surface area contributed by atoms with E-state index in [0.717, 1.165) is 7.11 Å². The lowest BCUT2D eigenvalue weighted by atomic mass is 10.1. The molecule has 1 heterocycles. The number of anilines is 1. The maximum absolute atomic E-state index is 14.2. The van der Waals surface area contributed by atoms with Gasteiger partial charge in [-0.3, -0.25) is 20.2 Å². The van der Waals surface area contributed by atoms with E-state index in [2.05, 4.69) is 4.74 Å². The third-order valence-electron chi connectivity index (χ3n) is 4.92. The number of nitro groups is 1. The van der Waals surface area contributed by atoms with Gasteiger partial charge in [0, 0.05) is 32.2 Å². The second-order valence-electron chi connectivity index (χ2n) is 6.76.